The van der Waals surface area contributed by atoms with Crippen molar-refractivity contribution in [3.63, 3.8) is 0 Å². The van der Waals surface area contributed by atoms with Crippen molar-refractivity contribution in [2.75, 3.05) is 13.1 Å². The molecule has 16 heavy (non-hydrogen) atoms. The Hall–Kier alpha value is -0.890. The van der Waals surface area contributed by atoms with Crippen LogP contribution in [0.4, 0.5) is 4.39 Å². The lowest BCUT2D eigenvalue weighted by atomic mass is 9.89. The number of nitrogens with one attached hydrogen (secondary N) is 1. The number of benzene rings is 1. The van der Waals surface area contributed by atoms with Crippen molar-refractivity contribution < 1.29 is 4.39 Å². The molecular weight excluding hydrogens is 201 g/mol. The number of alkyl halides is 1. The summed E-state index contributed by atoms with van der Waals surface area (Å²) in [5.74, 6) is 0.558. The number of hydrogen-bond acceptors (Lipinski definition) is 1. The van der Waals surface area contributed by atoms with E-state index < -0.39 is 5.67 Å². The smallest absolute Gasteiger partial charge is 0.130 e. The minimum Gasteiger partial charge on any atom is -0.316 e. The average Bonchev–Trinajstić information content (AvgIpc) is 2.69. The van der Waals surface area contributed by atoms with Crippen LogP contribution in [0, 0.1) is 6.92 Å². The van der Waals surface area contributed by atoms with Crippen molar-refractivity contribution in [1.82, 2.24) is 5.32 Å². The van der Waals surface area contributed by atoms with Crippen LogP contribution in [0.25, 0.3) is 0 Å². The maximum Gasteiger partial charge on any atom is 0.130 e. The van der Waals surface area contributed by atoms with Crippen molar-refractivity contribution in [2.24, 2.45) is 0 Å². The van der Waals surface area contributed by atoms with E-state index in [-0.39, 0.29) is 0 Å². The normalized spacial score (nSPS) is 21.4. The second-order valence-corrected chi connectivity index (χ2v) is 5.23. The van der Waals surface area contributed by atoms with Gasteiger partial charge in [-0.3, -0.25) is 0 Å². The standard InChI is InChI=1S/C14H20FN/c1-10-4-5-12(14(2,3)15)8-13(10)11-6-7-16-9-11/h4-5,8,11,16H,6-7,9H2,1-3H3. The maximum atomic E-state index is 13.9. The summed E-state index contributed by atoms with van der Waals surface area (Å²) >= 11 is 0. The van der Waals surface area contributed by atoms with Crippen molar-refractivity contribution in [3.8, 4) is 0 Å². The first-order chi connectivity index (χ1) is 7.48. The van der Waals surface area contributed by atoms with Gasteiger partial charge in [0.2, 0.25) is 0 Å². The third-order valence-electron chi connectivity index (χ3n) is 3.47. The van der Waals surface area contributed by atoms with E-state index in [1.54, 1.807) is 13.8 Å². The Balaban J connectivity index is 2.36. The van der Waals surface area contributed by atoms with Crippen molar-refractivity contribution >= 4 is 0 Å². The molecule has 1 nitrogen and oxygen atoms in total. The van der Waals surface area contributed by atoms with Gasteiger partial charge in [0.25, 0.3) is 0 Å². The Morgan fingerprint density at radius 2 is 2.12 bits per heavy atom. The zero-order valence-electron chi connectivity index (χ0n) is 10.3. The van der Waals surface area contributed by atoms with E-state index in [9.17, 15) is 4.39 Å². The minimum absolute atomic E-state index is 0.558. The third kappa shape index (κ3) is 2.27. The molecule has 0 radical (unpaired) electrons. The summed E-state index contributed by atoms with van der Waals surface area (Å²) in [5, 5.41) is 3.36. The van der Waals surface area contributed by atoms with Crippen LogP contribution in [0.3, 0.4) is 0 Å². The summed E-state index contributed by atoms with van der Waals surface area (Å²) < 4.78 is 13.9. The van der Waals surface area contributed by atoms with E-state index in [1.165, 1.54) is 11.1 Å². The molecule has 88 valence electrons. The monoisotopic (exact) mass is 221 g/mol. The second-order valence-electron chi connectivity index (χ2n) is 5.23. The minimum atomic E-state index is -1.24. The molecule has 2 heteroatoms. The van der Waals surface area contributed by atoms with E-state index in [0.29, 0.717) is 5.92 Å². The molecule has 2 rings (SSSR count). The molecule has 0 saturated carbocycles. The zero-order chi connectivity index (χ0) is 11.8. The van der Waals surface area contributed by atoms with Crippen LogP contribution in [-0.4, -0.2) is 13.1 Å². The molecule has 1 fully saturated rings. The van der Waals surface area contributed by atoms with Crippen LogP contribution >= 0.6 is 0 Å². The Morgan fingerprint density at radius 1 is 1.38 bits per heavy atom. The van der Waals surface area contributed by atoms with Crippen LogP contribution < -0.4 is 5.32 Å². The van der Waals surface area contributed by atoms with Crippen LogP contribution in [0.1, 0.15) is 42.9 Å². The van der Waals surface area contributed by atoms with Gasteiger partial charge in [-0.25, -0.2) is 4.39 Å². The highest BCUT2D eigenvalue weighted by atomic mass is 19.1. The number of rotatable bonds is 2. The van der Waals surface area contributed by atoms with Crippen molar-refractivity contribution in [2.45, 2.75) is 38.8 Å². The van der Waals surface area contributed by atoms with Gasteiger partial charge in [-0.2, -0.15) is 0 Å². The van der Waals surface area contributed by atoms with Crippen LogP contribution in [0.5, 0.6) is 0 Å². The predicted octanol–water partition coefficient (Wildman–Crippen LogP) is 3.28. The van der Waals surface area contributed by atoms with Gasteiger partial charge in [-0.05, 0) is 56.3 Å². The summed E-state index contributed by atoms with van der Waals surface area (Å²) in [6.07, 6.45) is 1.16. The van der Waals surface area contributed by atoms with Crippen molar-refractivity contribution in [1.29, 1.82) is 0 Å². The van der Waals surface area contributed by atoms with Gasteiger partial charge in [-0.15, -0.1) is 0 Å². The first-order valence-electron chi connectivity index (χ1n) is 5.99. The van der Waals surface area contributed by atoms with Crippen LogP contribution in [0.2, 0.25) is 0 Å². The van der Waals surface area contributed by atoms with Gasteiger partial charge >= 0.3 is 0 Å². The molecule has 1 atom stereocenters. The van der Waals surface area contributed by atoms with Crippen LogP contribution in [-0.2, 0) is 5.67 Å². The molecule has 1 aromatic carbocycles. The third-order valence-corrected chi connectivity index (χ3v) is 3.47. The summed E-state index contributed by atoms with van der Waals surface area (Å²) in [7, 11) is 0. The van der Waals surface area contributed by atoms with Crippen molar-refractivity contribution in [3.05, 3.63) is 34.9 Å². The maximum absolute atomic E-state index is 13.9. The molecule has 1 saturated heterocycles. The Kier molecular flexibility index (Phi) is 3.02. The Bertz CT molecular complexity index is 373. The predicted molar refractivity (Wildman–Crippen MR) is 65.5 cm³/mol. The van der Waals surface area contributed by atoms with E-state index >= 15 is 0 Å². The van der Waals surface area contributed by atoms with Gasteiger partial charge in [0.15, 0.2) is 0 Å². The molecule has 1 aromatic rings. The summed E-state index contributed by atoms with van der Waals surface area (Å²) in [4.78, 5) is 0. The van der Waals surface area contributed by atoms with Gasteiger partial charge in [-0.1, -0.05) is 18.2 Å². The molecule has 1 heterocycles. The Labute approximate surface area is 97.1 Å². The molecule has 1 aliphatic heterocycles. The van der Waals surface area contributed by atoms with Gasteiger partial charge < -0.3 is 5.32 Å². The lowest BCUT2D eigenvalue weighted by molar-refractivity contribution is 0.221. The highest BCUT2D eigenvalue weighted by molar-refractivity contribution is 5.36. The van der Waals surface area contributed by atoms with Gasteiger partial charge in [0.1, 0.15) is 5.67 Å². The van der Waals surface area contributed by atoms with Crippen LogP contribution in [0.15, 0.2) is 18.2 Å². The first-order valence-corrected chi connectivity index (χ1v) is 5.99. The molecule has 1 unspecified atom stereocenters. The lowest BCUT2D eigenvalue weighted by Gasteiger charge is -2.19. The largest absolute Gasteiger partial charge is 0.316 e. The number of hydrogen-bond donors (Lipinski definition) is 1. The lowest BCUT2D eigenvalue weighted by Crippen LogP contribution is -2.12. The van der Waals surface area contributed by atoms with E-state index in [0.717, 1.165) is 25.1 Å². The highest BCUT2D eigenvalue weighted by Gasteiger charge is 2.23. The Morgan fingerprint density at radius 3 is 2.69 bits per heavy atom. The summed E-state index contributed by atoms with van der Waals surface area (Å²) in [6.45, 7) is 7.45. The molecule has 0 aliphatic carbocycles. The topological polar surface area (TPSA) is 12.0 Å². The summed E-state index contributed by atoms with van der Waals surface area (Å²) in [5.41, 5.74) is 2.14. The molecule has 1 aliphatic rings. The van der Waals surface area contributed by atoms with Gasteiger partial charge in [0.05, 0.1) is 0 Å². The first kappa shape index (κ1) is 11.6. The fraction of sp³-hybridized carbons (Fsp3) is 0.571. The number of halogens is 1. The molecule has 0 aromatic heterocycles. The molecule has 0 amide bonds. The van der Waals surface area contributed by atoms with E-state index in [1.807, 2.05) is 18.2 Å². The molecule has 0 spiro atoms. The fourth-order valence-corrected chi connectivity index (χ4v) is 2.37. The van der Waals surface area contributed by atoms with E-state index in [4.69, 9.17) is 0 Å². The summed E-state index contributed by atoms with van der Waals surface area (Å²) in [6, 6.07) is 6.00. The molecular formula is C14H20FN. The number of aryl methyl sites for hydroxylation is 1. The second kappa shape index (κ2) is 4.17. The quantitative estimate of drug-likeness (QED) is 0.808. The molecule has 0 bridgehead atoms. The average molecular weight is 221 g/mol. The molecule has 1 N–H and O–H groups in total. The zero-order valence-corrected chi connectivity index (χ0v) is 10.3. The highest BCUT2D eigenvalue weighted by Crippen LogP contribution is 2.31. The fourth-order valence-electron chi connectivity index (χ4n) is 2.37. The van der Waals surface area contributed by atoms with Gasteiger partial charge in [0, 0.05) is 6.54 Å². The SMILES string of the molecule is Cc1ccc(C(C)(C)F)cc1C1CCNC1. The van der Waals surface area contributed by atoms with E-state index in [2.05, 4.69) is 12.2 Å².